The minimum absolute atomic E-state index is 0.158. The highest BCUT2D eigenvalue weighted by atomic mass is 16.5. The van der Waals surface area contributed by atoms with E-state index in [0.29, 0.717) is 17.9 Å². The molecule has 2 aliphatic heterocycles. The number of carbonyl (C=O) groups is 1. The molecule has 4 heteroatoms. The average molecular weight is 282 g/mol. The van der Waals surface area contributed by atoms with Crippen LogP contribution in [0.2, 0.25) is 0 Å². The molecule has 0 radical (unpaired) electrons. The molecule has 1 N–H and O–H groups in total. The Labute approximate surface area is 123 Å². The van der Waals surface area contributed by atoms with E-state index in [-0.39, 0.29) is 12.1 Å². The van der Waals surface area contributed by atoms with Crippen LogP contribution in [0, 0.1) is 11.8 Å². The van der Waals surface area contributed by atoms with E-state index in [1.54, 1.807) is 0 Å². The molecule has 2 fully saturated rings. The predicted molar refractivity (Wildman–Crippen MR) is 80.3 cm³/mol. The van der Waals surface area contributed by atoms with Crippen molar-refractivity contribution in [2.75, 3.05) is 13.2 Å². The Bertz CT molecular complexity index is 358. The fraction of sp³-hybridized carbons (Fsp3) is 0.938. The second kappa shape index (κ2) is 6.02. The Morgan fingerprint density at radius 1 is 1.45 bits per heavy atom. The summed E-state index contributed by atoms with van der Waals surface area (Å²) in [4.78, 5) is 14.9. The maximum Gasteiger partial charge on any atom is 0.243 e. The molecule has 4 nitrogen and oxygen atoms in total. The molecule has 0 saturated carbocycles. The van der Waals surface area contributed by atoms with Crippen molar-refractivity contribution in [2.45, 2.75) is 71.7 Å². The van der Waals surface area contributed by atoms with Gasteiger partial charge >= 0.3 is 0 Å². The second-order valence-corrected chi connectivity index (χ2v) is 6.84. The van der Waals surface area contributed by atoms with Gasteiger partial charge in [-0.1, -0.05) is 27.7 Å². The van der Waals surface area contributed by atoms with Crippen molar-refractivity contribution < 1.29 is 9.53 Å². The van der Waals surface area contributed by atoms with E-state index in [2.05, 4.69) is 37.9 Å². The first-order chi connectivity index (χ1) is 9.42. The number of hydrogen-bond acceptors (Lipinski definition) is 3. The molecule has 0 aliphatic carbocycles. The Morgan fingerprint density at radius 2 is 2.15 bits per heavy atom. The lowest BCUT2D eigenvalue weighted by Crippen LogP contribution is -2.45. The summed E-state index contributed by atoms with van der Waals surface area (Å²) in [7, 11) is 0. The van der Waals surface area contributed by atoms with Crippen LogP contribution in [-0.4, -0.2) is 41.8 Å². The summed E-state index contributed by atoms with van der Waals surface area (Å²) >= 11 is 0. The summed E-state index contributed by atoms with van der Waals surface area (Å²) < 4.78 is 5.78. The molecule has 2 aliphatic rings. The van der Waals surface area contributed by atoms with Gasteiger partial charge in [0.2, 0.25) is 5.91 Å². The van der Waals surface area contributed by atoms with E-state index in [1.165, 1.54) is 0 Å². The van der Waals surface area contributed by atoms with Gasteiger partial charge in [0, 0.05) is 19.1 Å². The first kappa shape index (κ1) is 15.8. The first-order valence-corrected chi connectivity index (χ1v) is 8.13. The van der Waals surface area contributed by atoms with Crippen molar-refractivity contribution in [3.05, 3.63) is 0 Å². The lowest BCUT2D eigenvalue weighted by atomic mass is 9.96. The number of ether oxygens (including phenoxy) is 1. The zero-order valence-electron chi connectivity index (χ0n) is 13.6. The summed E-state index contributed by atoms with van der Waals surface area (Å²) in [5, 5.41) is 3.56. The van der Waals surface area contributed by atoms with Gasteiger partial charge in [-0.2, -0.15) is 0 Å². The van der Waals surface area contributed by atoms with Gasteiger partial charge < -0.3 is 9.64 Å². The zero-order valence-corrected chi connectivity index (χ0v) is 13.6. The van der Waals surface area contributed by atoms with Crippen LogP contribution in [0.25, 0.3) is 0 Å². The standard InChI is InChI=1S/C16H30N2O2/c1-6-13-12(8-9-20-13)10-18-14(11(3)4)17-16(5,7-2)15(18)19/h11-14,17H,6-10H2,1-5H3. The molecule has 4 atom stereocenters. The van der Waals surface area contributed by atoms with Crippen molar-refractivity contribution in [1.82, 2.24) is 10.2 Å². The Morgan fingerprint density at radius 3 is 2.70 bits per heavy atom. The molecule has 0 bridgehead atoms. The van der Waals surface area contributed by atoms with Gasteiger partial charge in [-0.25, -0.2) is 0 Å². The monoisotopic (exact) mass is 282 g/mol. The van der Waals surface area contributed by atoms with Gasteiger partial charge in [-0.15, -0.1) is 0 Å². The normalized spacial score (nSPS) is 38.2. The SMILES string of the molecule is CCC1OCCC1CN1C(=O)C(C)(CC)NC1C(C)C. The summed E-state index contributed by atoms with van der Waals surface area (Å²) in [5.74, 6) is 1.18. The van der Waals surface area contributed by atoms with Gasteiger partial charge in [0.05, 0.1) is 17.8 Å². The van der Waals surface area contributed by atoms with Gasteiger partial charge in [0.25, 0.3) is 0 Å². The van der Waals surface area contributed by atoms with Gasteiger partial charge in [-0.05, 0) is 32.1 Å². The van der Waals surface area contributed by atoms with Gasteiger partial charge in [-0.3, -0.25) is 10.1 Å². The lowest BCUT2D eigenvalue weighted by molar-refractivity contribution is -0.134. The van der Waals surface area contributed by atoms with E-state index in [4.69, 9.17) is 4.74 Å². The largest absolute Gasteiger partial charge is 0.378 e. The third-order valence-corrected chi connectivity index (χ3v) is 5.05. The van der Waals surface area contributed by atoms with E-state index in [9.17, 15) is 4.79 Å². The highest BCUT2D eigenvalue weighted by Crippen LogP contribution is 2.31. The van der Waals surface area contributed by atoms with Crippen LogP contribution in [0.1, 0.15) is 53.9 Å². The second-order valence-electron chi connectivity index (χ2n) is 6.84. The summed E-state index contributed by atoms with van der Waals surface area (Å²) in [5.41, 5.74) is -0.393. The van der Waals surface area contributed by atoms with Crippen molar-refractivity contribution in [2.24, 2.45) is 11.8 Å². The molecule has 0 aromatic carbocycles. The first-order valence-electron chi connectivity index (χ1n) is 8.13. The Hall–Kier alpha value is -0.610. The molecular formula is C16H30N2O2. The van der Waals surface area contributed by atoms with E-state index >= 15 is 0 Å². The molecule has 1 amide bonds. The van der Waals surface area contributed by atoms with E-state index in [0.717, 1.165) is 32.4 Å². The number of amides is 1. The van der Waals surface area contributed by atoms with Crippen LogP contribution < -0.4 is 5.32 Å². The molecule has 0 aromatic rings. The lowest BCUT2D eigenvalue weighted by Gasteiger charge is -2.30. The van der Waals surface area contributed by atoms with Crippen LogP contribution in [0.15, 0.2) is 0 Å². The molecule has 0 spiro atoms. The minimum Gasteiger partial charge on any atom is -0.378 e. The van der Waals surface area contributed by atoms with Crippen LogP contribution in [0.3, 0.4) is 0 Å². The maximum absolute atomic E-state index is 12.8. The van der Waals surface area contributed by atoms with Crippen LogP contribution in [0.5, 0.6) is 0 Å². The van der Waals surface area contributed by atoms with Gasteiger partial charge in [0.1, 0.15) is 0 Å². The van der Waals surface area contributed by atoms with Crippen LogP contribution in [0.4, 0.5) is 0 Å². The fourth-order valence-electron chi connectivity index (χ4n) is 3.49. The molecule has 116 valence electrons. The Balaban J connectivity index is 2.13. The Kier molecular flexibility index (Phi) is 4.75. The third-order valence-electron chi connectivity index (χ3n) is 5.05. The summed E-state index contributed by atoms with van der Waals surface area (Å²) in [6, 6.07) is 0. The maximum atomic E-state index is 12.8. The highest BCUT2D eigenvalue weighted by Gasteiger charge is 2.48. The molecule has 2 rings (SSSR count). The topological polar surface area (TPSA) is 41.6 Å². The number of carbonyl (C=O) groups excluding carboxylic acids is 1. The highest BCUT2D eigenvalue weighted by molar-refractivity contribution is 5.88. The predicted octanol–water partition coefficient (Wildman–Crippen LogP) is 2.38. The number of rotatable bonds is 5. The van der Waals surface area contributed by atoms with Gasteiger partial charge in [0.15, 0.2) is 0 Å². The van der Waals surface area contributed by atoms with Crippen molar-refractivity contribution in [3.8, 4) is 0 Å². The van der Waals surface area contributed by atoms with Crippen molar-refractivity contribution in [1.29, 1.82) is 0 Å². The molecular weight excluding hydrogens is 252 g/mol. The quantitative estimate of drug-likeness (QED) is 0.842. The summed E-state index contributed by atoms with van der Waals surface area (Å²) in [6.45, 7) is 12.3. The van der Waals surface area contributed by atoms with Crippen LogP contribution >= 0.6 is 0 Å². The number of nitrogens with one attached hydrogen (secondary N) is 1. The molecule has 20 heavy (non-hydrogen) atoms. The van der Waals surface area contributed by atoms with Crippen molar-refractivity contribution in [3.63, 3.8) is 0 Å². The molecule has 2 saturated heterocycles. The number of hydrogen-bond donors (Lipinski definition) is 1. The smallest absolute Gasteiger partial charge is 0.243 e. The summed E-state index contributed by atoms with van der Waals surface area (Å²) in [6.07, 6.45) is 3.44. The average Bonchev–Trinajstić information content (AvgIpc) is 2.97. The van der Waals surface area contributed by atoms with E-state index < -0.39 is 5.54 Å². The molecule has 0 aromatic heterocycles. The minimum atomic E-state index is -0.393. The molecule has 2 heterocycles. The third kappa shape index (κ3) is 2.73. The van der Waals surface area contributed by atoms with Crippen molar-refractivity contribution >= 4 is 5.91 Å². The number of nitrogens with zero attached hydrogens (tertiary/aromatic N) is 1. The molecule has 4 unspecified atom stereocenters. The van der Waals surface area contributed by atoms with Crippen LogP contribution in [-0.2, 0) is 9.53 Å². The fourth-order valence-corrected chi connectivity index (χ4v) is 3.49. The van der Waals surface area contributed by atoms with E-state index in [1.807, 2.05) is 6.92 Å². The zero-order chi connectivity index (χ0) is 14.9.